The lowest BCUT2D eigenvalue weighted by molar-refractivity contribution is -0.302. The number of carbonyl (C=O) groups excluding carboxylic acids is 1. The molecule has 0 radical (unpaired) electrons. The molecule has 1 heterocycles. The molecule has 1 amide bonds. The van der Waals surface area contributed by atoms with Gasteiger partial charge < -0.3 is 40.3 Å². The first-order valence-electron chi connectivity index (χ1n) is 30.4. The molecule has 1 fully saturated rings. The largest absolute Gasteiger partial charge is 0.394 e. The second kappa shape index (κ2) is 50.5. The molecule has 1 saturated heterocycles. The molecule has 7 unspecified atom stereocenters. The van der Waals surface area contributed by atoms with Crippen LogP contribution in [-0.4, -0.2) is 87.5 Å². The highest BCUT2D eigenvalue weighted by molar-refractivity contribution is 5.76. The number of carbonyl (C=O) groups is 1. The molecular weight excluding hydrogens is 863 g/mol. The van der Waals surface area contributed by atoms with Gasteiger partial charge in [0.05, 0.1) is 25.4 Å². The van der Waals surface area contributed by atoms with Crippen molar-refractivity contribution in [1.82, 2.24) is 5.32 Å². The summed E-state index contributed by atoms with van der Waals surface area (Å²) in [5, 5.41) is 54.2. The van der Waals surface area contributed by atoms with E-state index in [0.717, 1.165) is 38.5 Å². The van der Waals surface area contributed by atoms with Crippen LogP contribution in [0.4, 0.5) is 0 Å². The SMILES string of the molecule is CCCCCCCCC/C=C/C(O)C(COC1OC(CO)C(O)C(O)C1O)NC(=O)CCCCCCCCCCCCCCCCCCCCCCCCCCCCCCCCCCCCCCC. The first kappa shape index (κ1) is 65.9. The highest BCUT2D eigenvalue weighted by atomic mass is 16.7. The van der Waals surface area contributed by atoms with Crippen LogP contribution >= 0.6 is 0 Å². The number of aliphatic hydroxyl groups excluding tert-OH is 5. The molecule has 1 rings (SSSR count). The third-order valence-corrected chi connectivity index (χ3v) is 14.9. The number of unbranched alkanes of at least 4 members (excludes halogenated alkanes) is 43. The molecule has 6 N–H and O–H groups in total. The van der Waals surface area contributed by atoms with Gasteiger partial charge in [0.2, 0.25) is 5.91 Å². The van der Waals surface area contributed by atoms with Crippen molar-refractivity contribution in [2.45, 2.75) is 352 Å². The first-order chi connectivity index (χ1) is 33.8. The Morgan fingerprint density at radius 1 is 0.478 bits per heavy atom. The van der Waals surface area contributed by atoms with Gasteiger partial charge in [-0.2, -0.15) is 0 Å². The van der Waals surface area contributed by atoms with Crippen LogP contribution in [0.5, 0.6) is 0 Å². The molecule has 0 aromatic rings. The summed E-state index contributed by atoms with van der Waals surface area (Å²) in [6, 6.07) is -0.798. The molecule has 0 spiro atoms. The first-order valence-corrected chi connectivity index (χ1v) is 30.4. The van der Waals surface area contributed by atoms with Gasteiger partial charge in [-0.05, 0) is 19.3 Å². The van der Waals surface area contributed by atoms with Gasteiger partial charge in [0.1, 0.15) is 24.4 Å². The Kier molecular flexibility index (Phi) is 48.2. The lowest BCUT2D eigenvalue weighted by atomic mass is 9.99. The Bertz CT molecular complexity index is 1090. The molecule has 69 heavy (non-hydrogen) atoms. The van der Waals surface area contributed by atoms with E-state index in [1.165, 1.54) is 250 Å². The van der Waals surface area contributed by atoms with Crippen molar-refractivity contribution in [2.75, 3.05) is 13.2 Å². The molecular formula is C60H117NO8. The van der Waals surface area contributed by atoms with Crippen molar-refractivity contribution in [3.8, 4) is 0 Å². The predicted molar refractivity (Wildman–Crippen MR) is 291 cm³/mol. The Morgan fingerprint density at radius 3 is 1.13 bits per heavy atom. The topological polar surface area (TPSA) is 149 Å². The highest BCUT2D eigenvalue weighted by Gasteiger charge is 2.44. The molecule has 410 valence electrons. The minimum Gasteiger partial charge on any atom is -0.394 e. The van der Waals surface area contributed by atoms with Crippen molar-refractivity contribution >= 4 is 5.91 Å². The van der Waals surface area contributed by atoms with Crippen molar-refractivity contribution in [3.05, 3.63) is 12.2 Å². The van der Waals surface area contributed by atoms with Crippen molar-refractivity contribution < 1.29 is 39.8 Å². The van der Waals surface area contributed by atoms with Crippen LogP contribution in [0, 0.1) is 0 Å². The Hall–Kier alpha value is -1.07. The lowest BCUT2D eigenvalue weighted by Crippen LogP contribution is -2.60. The Morgan fingerprint density at radius 2 is 0.797 bits per heavy atom. The van der Waals surface area contributed by atoms with Gasteiger partial charge in [-0.1, -0.05) is 296 Å². The number of amides is 1. The normalized spacial score (nSPS) is 19.4. The van der Waals surface area contributed by atoms with E-state index in [4.69, 9.17) is 9.47 Å². The van der Waals surface area contributed by atoms with Crippen LogP contribution in [-0.2, 0) is 14.3 Å². The fourth-order valence-corrected chi connectivity index (χ4v) is 10.0. The van der Waals surface area contributed by atoms with E-state index < -0.39 is 49.5 Å². The minimum absolute atomic E-state index is 0.173. The molecule has 0 aromatic heterocycles. The Labute approximate surface area is 426 Å². The standard InChI is InChI=1S/C60H117NO8/c1-3-5-7-9-11-13-14-15-16-17-18-19-20-21-22-23-24-25-26-27-28-29-30-31-32-33-34-35-36-37-38-39-40-42-44-46-48-50-56(64)61-53(54(63)49-47-45-43-41-12-10-8-6-4-2)52-68-60-59(67)58(66)57(65)55(51-62)69-60/h47,49,53-55,57-60,62-63,65-67H,3-46,48,50-52H2,1-2H3,(H,61,64)/b49-47+. The van der Waals surface area contributed by atoms with E-state index in [1.807, 2.05) is 6.08 Å². The van der Waals surface area contributed by atoms with Gasteiger partial charge >= 0.3 is 0 Å². The molecule has 9 nitrogen and oxygen atoms in total. The van der Waals surface area contributed by atoms with E-state index in [1.54, 1.807) is 6.08 Å². The fraction of sp³-hybridized carbons (Fsp3) is 0.950. The maximum atomic E-state index is 13.0. The molecule has 1 aliphatic heterocycles. The van der Waals surface area contributed by atoms with Crippen LogP contribution in [0.1, 0.15) is 309 Å². The van der Waals surface area contributed by atoms with Gasteiger partial charge in [-0.3, -0.25) is 4.79 Å². The maximum absolute atomic E-state index is 13.0. The summed E-state index contributed by atoms with van der Waals surface area (Å²) in [5.74, 6) is -0.173. The number of hydrogen-bond acceptors (Lipinski definition) is 8. The Balaban J connectivity index is 1.98. The molecule has 1 aliphatic rings. The fourth-order valence-electron chi connectivity index (χ4n) is 10.0. The van der Waals surface area contributed by atoms with Gasteiger partial charge in [0, 0.05) is 6.42 Å². The number of ether oxygens (including phenoxy) is 2. The lowest BCUT2D eigenvalue weighted by Gasteiger charge is -2.40. The summed E-state index contributed by atoms with van der Waals surface area (Å²) in [7, 11) is 0. The third kappa shape index (κ3) is 40.1. The molecule has 0 aliphatic carbocycles. The predicted octanol–water partition coefficient (Wildman–Crippen LogP) is 15.2. The number of aliphatic hydroxyl groups is 5. The number of hydrogen-bond donors (Lipinski definition) is 6. The van der Waals surface area contributed by atoms with E-state index in [9.17, 15) is 30.3 Å². The summed E-state index contributed by atoms with van der Waals surface area (Å²) in [6.45, 7) is 3.77. The van der Waals surface area contributed by atoms with E-state index in [-0.39, 0.29) is 12.5 Å². The van der Waals surface area contributed by atoms with Crippen LogP contribution < -0.4 is 5.32 Å². The monoisotopic (exact) mass is 980 g/mol. The quantitative estimate of drug-likeness (QED) is 0.0261. The second-order valence-corrected chi connectivity index (χ2v) is 21.5. The van der Waals surface area contributed by atoms with Crippen LogP contribution in [0.2, 0.25) is 0 Å². The van der Waals surface area contributed by atoms with Gasteiger partial charge in [-0.25, -0.2) is 0 Å². The second-order valence-electron chi connectivity index (χ2n) is 21.5. The minimum atomic E-state index is -1.56. The average Bonchev–Trinajstić information content (AvgIpc) is 3.35. The van der Waals surface area contributed by atoms with E-state index >= 15 is 0 Å². The summed E-state index contributed by atoms with van der Waals surface area (Å²) >= 11 is 0. The van der Waals surface area contributed by atoms with Crippen LogP contribution in [0.3, 0.4) is 0 Å². The highest BCUT2D eigenvalue weighted by Crippen LogP contribution is 2.23. The van der Waals surface area contributed by atoms with Crippen molar-refractivity contribution in [2.24, 2.45) is 0 Å². The van der Waals surface area contributed by atoms with E-state index in [2.05, 4.69) is 19.2 Å². The zero-order valence-electron chi connectivity index (χ0n) is 45.6. The zero-order chi connectivity index (χ0) is 50.1. The summed E-state index contributed by atoms with van der Waals surface area (Å²) in [6.07, 6.45) is 56.3. The summed E-state index contributed by atoms with van der Waals surface area (Å²) in [4.78, 5) is 13.0. The zero-order valence-corrected chi connectivity index (χ0v) is 45.6. The average molecular weight is 981 g/mol. The van der Waals surface area contributed by atoms with Crippen LogP contribution in [0.25, 0.3) is 0 Å². The smallest absolute Gasteiger partial charge is 0.220 e. The molecule has 7 atom stereocenters. The third-order valence-electron chi connectivity index (χ3n) is 14.9. The number of nitrogens with one attached hydrogen (secondary N) is 1. The van der Waals surface area contributed by atoms with Crippen molar-refractivity contribution in [3.63, 3.8) is 0 Å². The van der Waals surface area contributed by atoms with Gasteiger partial charge in [-0.15, -0.1) is 0 Å². The van der Waals surface area contributed by atoms with Crippen LogP contribution in [0.15, 0.2) is 12.2 Å². The summed E-state index contributed by atoms with van der Waals surface area (Å²) < 4.78 is 11.2. The summed E-state index contributed by atoms with van der Waals surface area (Å²) in [5.41, 5.74) is 0. The van der Waals surface area contributed by atoms with E-state index in [0.29, 0.717) is 6.42 Å². The number of allylic oxidation sites excluding steroid dienone is 1. The van der Waals surface area contributed by atoms with Gasteiger partial charge in [0.15, 0.2) is 6.29 Å². The molecule has 9 heteroatoms. The number of rotatable bonds is 53. The molecule has 0 saturated carbocycles. The van der Waals surface area contributed by atoms with Crippen molar-refractivity contribution in [1.29, 1.82) is 0 Å². The maximum Gasteiger partial charge on any atom is 0.220 e. The van der Waals surface area contributed by atoms with Gasteiger partial charge in [0.25, 0.3) is 0 Å². The molecule has 0 aromatic carbocycles. The molecule has 0 bridgehead atoms.